The van der Waals surface area contributed by atoms with Crippen molar-refractivity contribution in [1.29, 1.82) is 0 Å². The van der Waals surface area contributed by atoms with Gasteiger partial charge >= 0.3 is 0 Å². The first-order valence-electron chi connectivity index (χ1n) is 11.7. The molecule has 2 heterocycles. The molecule has 1 aromatic heterocycles. The lowest BCUT2D eigenvalue weighted by Crippen LogP contribution is -2.15. The average Bonchev–Trinajstić information content (AvgIpc) is 3.42. The van der Waals surface area contributed by atoms with E-state index in [2.05, 4.69) is 64.4 Å². The van der Waals surface area contributed by atoms with Crippen molar-refractivity contribution in [3.63, 3.8) is 0 Å². The van der Waals surface area contributed by atoms with E-state index in [1.807, 2.05) is 12.5 Å². The number of unbranched alkanes of at least 4 members (excludes halogenated alkanes) is 7. The molecule has 30 heavy (non-hydrogen) atoms. The Kier molecular flexibility index (Phi) is 7.17. The van der Waals surface area contributed by atoms with Crippen LogP contribution in [0.4, 0.5) is 5.69 Å². The molecule has 1 aliphatic heterocycles. The first-order chi connectivity index (χ1) is 14.9. The Morgan fingerprint density at radius 1 is 0.967 bits per heavy atom. The molecule has 0 saturated carbocycles. The number of aromatic nitrogens is 2. The van der Waals surface area contributed by atoms with Gasteiger partial charge in [-0.1, -0.05) is 88.6 Å². The Morgan fingerprint density at radius 3 is 2.50 bits per heavy atom. The Morgan fingerprint density at radius 2 is 1.73 bits per heavy atom. The molecule has 158 valence electrons. The van der Waals surface area contributed by atoms with Gasteiger partial charge < -0.3 is 9.88 Å². The highest BCUT2D eigenvalue weighted by Crippen LogP contribution is 2.33. The molecule has 0 fully saturated rings. The minimum absolute atomic E-state index is 0.366. The maximum atomic E-state index is 5.03. The van der Waals surface area contributed by atoms with Crippen LogP contribution in [0, 0.1) is 0 Å². The zero-order chi connectivity index (χ0) is 20.6. The maximum Gasteiger partial charge on any atom is 0.133 e. The summed E-state index contributed by atoms with van der Waals surface area (Å²) in [5.41, 5.74) is 2.39. The van der Waals surface area contributed by atoms with Gasteiger partial charge in [0.1, 0.15) is 5.84 Å². The van der Waals surface area contributed by atoms with Crippen molar-refractivity contribution >= 4 is 22.3 Å². The molecule has 3 aromatic rings. The number of anilines is 1. The number of imidazole rings is 1. The molecule has 1 aliphatic rings. The number of amidine groups is 1. The van der Waals surface area contributed by atoms with Crippen molar-refractivity contribution in [1.82, 2.24) is 9.55 Å². The molecular weight excluding hydrogens is 368 g/mol. The maximum absolute atomic E-state index is 5.03. The van der Waals surface area contributed by atoms with Crippen molar-refractivity contribution in [2.45, 2.75) is 70.8 Å². The third-order valence-electron chi connectivity index (χ3n) is 6.21. The molecule has 0 bridgehead atoms. The first-order valence-corrected chi connectivity index (χ1v) is 11.7. The summed E-state index contributed by atoms with van der Waals surface area (Å²) in [4.78, 5) is 9.30. The third kappa shape index (κ3) is 4.92. The van der Waals surface area contributed by atoms with Crippen LogP contribution in [0.3, 0.4) is 0 Å². The quantitative estimate of drug-likeness (QED) is 0.332. The van der Waals surface area contributed by atoms with E-state index in [1.165, 1.54) is 73.4 Å². The zero-order valence-corrected chi connectivity index (χ0v) is 18.2. The third-order valence-corrected chi connectivity index (χ3v) is 6.21. The summed E-state index contributed by atoms with van der Waals surface area (Å²) in [6.45, 7) is 3.05. The summed E-state index contributed by atoms with van der Waals surface area (Å²) in [6.07, 6.45) is 17.8. The summed E-state index contributed by atoms with van der Waals surface area (Å²) in [5, 5.41) is 6.10. The number of nitrogens with one attached hydrogen (secondary N) is 1. The highest BCUT2D eigenvalue weighted by molar-refractivity contribution is 6.25. The van der Waals surface area contributed by atoms with Gasteiger partial charge in [0.2, 0.25) is 0 Å². The zero-order valence-electron chi connectivity index (χ0n) is 18.2. The van der Waals surface area contributed by atoms with Crippen LogP contribution in [0.15, 0.2) is 60.1 Å². The number of rotatable bonds is 12. The van der Waals surface area contributed by atoms with E-state index in [1.54, 1.807) is 0 Å². The second-order valence-corrected chi connectivity index (χ2v) is 8.45. The molecule has 0 saturated heterocycles. The van der Waals surface area contributed by atoms with Crippen LogP contribution in [0.2, 0.25) is 0 Å². The van der Waals surface area contributed by atoms with E-state index in [0.717, 1.165) is 18.8 Å². The molecule has 1 N–H and O–H groups in total. The molecule has 4 nitrogen and oxygen atoms in total. The van der Waals surface area contributed by atoms with Crippen LogP contribution in [0.25, 0.3) is 10.8 Å². The SMILES string of the molecule is CCCCCCCCCCC(CN=C1Nc2cccc3cccc1c23)n1ccnc1. The lowest BCUT2D eigenvalue weighted by atomic mass is 10.0. The van der Waals surface area contributed by atoms with Gasteiger partial charge in [-0.3, -0.25) is 4.99 Å². The number of nitrogens with zero attached hydrogens (tertiary/aromatic N) is 3. The van der Waals surface area contributed by atoms with Crippen molar-refractivity contribution in [3.8, 4) is 0 Å². The van der Waals surface area contributed by atoms with Crippen LogP contribution in [-0.2, 0) is 0 Å². The number of benzene rings is 2. The lowest BCUT2D eigenvalue weighted by molar-refractivity contribution is 0.444. The summed E-state index contributed by atoms with van der Waals surface area (Å²) < 4.78 is 2.23. The Bertz CT molecular complexity index is 953. The standard InChI is InChI=1S/C26H34N4/c1-2-3-4-5-6-7-8-9-14-22(30-18-17-27-20-30)19-28-26-23-15-10-12-21-13-11-16-24(29-26)25(21)23/h10-13,15-18,20,22H,2-9,14,19H2,1H3,(H,28,29). The van der Waals surface area contributed by atoms with Gasteiger partial charge in [0.05, 0.1) is 18.9 Å². The number of hydrogen-bond donors (Lipinski definition) is 1. The van der Waals surface area contributed by atoms with Crippen molar-refractivity contribution in [2.75, 3.05) is 11.9 Å². The highest BCUT2D eigenvalue weighted by atomic mass is 15.1. The fourth-order valence-corrected chi connectivity index (χ4v) is 4.49. The second kappa shape index (κ2) is 10.4. The first kappa shape index (κ1) is 20.6. The average molecular weight is 403 g/mol. The minimum Gasteiger partial charge on any atom is -0.339 e. The lowest BCUT2D eigenvalue weighted by Gasteiger charge is -2.17. The van der Waals surface area contributed by atoms with Gasteiger partial charge in [0.25, 0.3) is 0 Å². The topological polar surface area (TPSA) is 42.2 Å². The van der Waals surface area contributed by atoms with Crippen molar-refractivity contribution in [2.24, 2.45) is 4.99 Å². The van der Waals surface area contributed by atoms with Gasteiger partial charge in [-0.25, -0.2) is 4.98 Å². The number of aliphatic imine (C=N–C) groups is 1. The molecule has 0 radical (unpaired) electrons. The normalized spacial score (nSPS) is 15.0. The van der Waals surface area contributed by atoms with Gasteiger partial charge in [-0.05, 0) is 17.9 Å². The van der Waals surface area contributed by atoms with E-state index >= 15 is 0 Å². The van der Waals surface area contributed by atoms with E-state index in [-0.39, 0.29) is 0 Å². The largest absolute Gasteiger partial charge is 0.339 e. The Balaban J connectivity index is 1.35. The summed E-state index contributed by atoms with van der Waals surface area (Å²) in [5.74, 6) is 1.00. The van der Waals surface area contributed by atoms with Gasteiger partial charge in [-0.15, -0.1) is 0 Å². The van der Waals surface area contributed by atoms with Crippen LogP contribution >= 0.6 is 0 Å². The monoisotopic (exact) mass is 402 g/mol. The van der Waals surface area contributed by atoms with Gasteiger partial charge in [-0.2, -0.15) is 0 Å². The molecule has 2 aromatic carbocycles. The van der Waals surface area contributed by atoms with Crippen LogP contribution < -0.4 is 5.32 Å². The van der Waals surface area contributed by atoms with Crippen molar-refractivity contribution in [3.05, 3.63) is 60.7 Å². The predicted octanol–water partition coefficient (Wildman–Crippen LogP) is 6.98. The van der Waals surface area contributed by atoms with Gasteiger partial charge in [0, 0.05) is 29.0 Å². The van der Waals surface area contributed by atoms with Crippen LogP contribution in [0.5, 0.6) is 0 Å². The fourth-order valence-electron chi connectivity index (χ4n) is 4.49. The second-order valence-electron chi connectivity index (χ2n) is 8.45. The molecule has 4 rings (SSSR count). The minimum atomic E-state index is 0.366. The molecule has 0 spiro atoms. The van der Waals surface area contributed by atoms with Crippen LogP contribution in [0.1, 0.15) is 76.3 Å². The van der Waals surface area contributed by atoms with E-state index < -0.39 is 0 Å². The number of hydrogen-bond acceptors (Lipinski definition) is 2. The predicted molar refractivity (Wildman–Crippen MR) is 127 cm³/mol. The Hall–Kier alpha value is -2.62. The highest BCUT2D eigenvalue weighted by Gasteiger charge is 2.19. The van der Waals surface area contributed by atoms with E-state index in [9.17, 15) is 0 Å². The molecule has 1 atom stereocenters. The smallest absolute Gasteiger partial charge is 0.133 e. The molecule has 0 amide bonds. The van der Waals surface area contributed by atoms with Gasteiger partial charge in [0.15, 0.2) is 0 Å². The Labute approximate surface area is 180 Å². The van der Waals surface area contributed by atoms with Crippen molar-refractivity contribution < 1.29 is 0 Å². The van der Waals surface area contributed by atoms with Crippen LogP contribution in [-0.4, -0.2) is 21.9 Å². The summed E-state index contributed by atoms with van der Waals surface area (Å²) in [7, 11) is 0. The molecule has 0 aliphatic carbocycles. The summed E-state index contributed by atoms with van der Waals surface area (Å²) in [6, 6.07) is 13.3. The van der Waals surface area contributed by atoms with E-state index in [0.29, 0.717) is 6.04 Å². The fraction of sp³-hybridized carbons (Fsp3) is 0.462. The molecule has 4 heteroatoms. The molecular formula is C26H34N4. The van der Waals surface area contributed by atoms with E-state index in [4.69, 9.17) is 4.99 Å². The molecule has 1 unspecified atom stereocenters. The summed E-state index contributed by atoms with van der Waals surface area (Å²) >= 11 is 0.